The highest BCUT2D eigenvalue weighted by molar-refractivity contribution is 5.98. The van der Waals surface area contributed by atoms with Gasteiger partial charge in [-0.2, -0.15) is 0 Å². The molecule has 5 atom stereocenters. The van der Waals surface area contributed by atoms with E-state index < -0.39 is 35.6 Å². The second-order valence-corrected chi connectivity index (χ2v) is 9.62. The second kappa shape index (κ2) is 10.1. The number of aliphatic hydroxyl groups excluding tert-OH is 1. The van der Waals surface area contributed by atoms with Crippen LogP contribution in [0.4, 0.5) is 0 Å². The number of nitrogens with zero attached hydrogens (tertiary/aromatic N) is 5. The van der Waals surface area contributed by atoms with Gasteiger partial charge >= 0.3 is 5.97 Å². The van der Waals surface area contributed by atoms with Gasteiger partial charge in [0.15, 0.2) is 0 Å². The Balaban J connectivity index is 1.47. The molecule has 3 saturated heterocycles. The van der Waals surface area contributed by atoms with Crippen molar-refractivity contribution in [3.63, 3.8) is 0 Å². The Bertz CT molecular complexity index is 1230. The average molecular weight is 510 g/mol. The Morgan fingerprint density at radius 2 is 2.11 bits per heavy atom. The third-order valence-electron chi connectivity index (χ3n) is 7.60. The molecule has 37 heavy (non-hydrogen) atoms. The van der Waals surface area contributed by atoms with Crippen LogP contribution in [0.25, 0.3) is 11.0 Å². The van der Waals surface area contributed by atoms with Gasteiger partial charge in [-0.05, 0) is 31.4 Å². The van der Waals surface area contributed by atoms with E-state index in [0.717, 1.165) is 5.52 Å². The summed E-state index contributed by atoms with van der Waals surface area (Å²) in [6.45, 7) is 7.50. The number of likely N-dealkylation sites (tertiary alicyclic amines) is 1. The van der Waals surface area contributed by atoms with E-state index in [-0.39, 0.29) is 44.8 Å². The lowest BCUT2D eigenvalue weighted by molar-refractivity contribution is -0.155. The average Bonchev–Trinajstić information content (AvgIpc) is 3.64. The second-order valence-electron chi connectivity index (χ2n) is 9.62. The van der Waals surface area contributed by atoms with Crippen molar-refractivity contribution in [3.05, 3.63) is 49.6 Å². The van der Waals surface area contributed by atoms with Gasteiger partial charge < -0.3 is 24.4 Å². The Kier molecular flexibility index (Phi) is 6.82. The molecule has 0 saturated carbocycles. The summed E-state index contributed by atoms with van der Waals surface area (Å²) in [5.74, 6) is -2.87. The molecule has 3 aliphatic heterocycles. The van der Waals surface area contributed by atoms with Crippen molar-refractivity contribution in [2.24, 2.45) is 11.8 Å². The molecular weight excluding hydrogens is 478 g/mol. The SMILES string of the molecule is C=CCCOC(=O)[C@@H]1[C@@H]2CCC3(O2)C(C(=O)N(CC=C)Cn2nnc4ccccc42)N(CCO)C(=O)[C@H]13. The largest absolute Gasteiger partial charge is 0.465 e. The number of amides is 2. The van der Waals surface area contributed by atoms with E-state index in [1.807, 2.05) is 24.3 Å². The molecular formula is C26H31N5O6. The lowest BCUT2D eigenvalue weighted by atomic mass is 9.70. The predicted molar refractivity (Wildman–Crippen MR) is 132 cm³/mol. The van der Waals surface area contributed by atoms with Crippen LogP contribution in [0.5, 0.6) is 0 Å². The van der Waals surface area contributed by atoms with Crippen LogP contribution in [0.1, 0.15) is 19.3 Å². The number of ether oxygens (including phenoxy) is 2. The summed E-state index contributed by atoms with van der Waals surface area (Å²) in [6.07, 6.45) is 4.25. The van der Waals surface area contributed by atoms with Crippen LogP contribution in [-0.2, 0) is 30.5 Å². The van der Waals surface area contributed by atoms with Gasteiger partial charge in [0, 0.05) is 13.1 Å². The number of hydrogen-bond acceptors (Lipinski definition) is 8. The molecule has 1 spiro atoms. The molecule has 1 N–H and O–H groups in total. The van der Waals surface area contributed by atoms with Crippen molar-refractivity contribution in [2.75, 3.05) is 26.3 Å². The molecule has 3 aliphatic rings. The van der Waals surface area contributed by atoms with E-state index in [1.165, 1.54) is 4.90 Å². The first-order chi connectivity index (χ1) is 18.0. The van der Waals surface area contributed by atoms with Gasteiger partial charge in [-0.3, -0.25) is 14.4 Å². The van der Waals surface area contributed by atoms with Crippen molar-refractivity contribution in [2.45, 2.75) is 43.7 Å². The fourth-order valence-electron chi connectivity index (χ4n) is 6.12. The molecule has 2 bridgehead atoms. The number of benzene rings is 1. The van der Waals surface area contributed by atoms with Crippen molar-refractivity contribution in [1.82, 2.24) is 24.8 Å². The standard InChI is InChI=1S/C26H31N5O6/c1-3-5-15-36-25(35)20-19-10-11-26(37-19)21(20)23(33)30(13-14-32)22(26)24(34)29(12-4-2)16-31-18-9-7-6-8-17(18)27-28-31/h3-4,6-9,19-22,32H,1-2,5,10-16H2/t19-,20+,21-,22?,26?/m0/s1. The first kappa shape index (κ1) is 25.1. The molecule has 3 fully saturated rings. The highest BCUT2D eigenvalue weighted by atomic mass is 16.6. The number of aromatic nitrogens is 3. The van der Waals surface area contributed by atoms with Crippen molar-refractivity contribution >= 4 is 28.8 Å². The number of esters is 1. The maximum Gasteiger partial charge on any atom is 0.312 e. The topological polar surface area (TPSA) is 127 Å². The third-order valence-corrected chi connectivity index (χ3v) is 7.60. The van der Waals surface area contributed by atoms with Crippen LogP contribution in [0.3, 0.4) is 0 Å². The van der Waals surface area contributed by atoms with Gasteiger partial charge in [0.05, 0.1) is 36.7 Å². The van der Waals surface area contributed by atoms with Crippen LogP contribution in [0.15, 0.2) is 49.6 Å². The lowest BCUT2D eigenvalue weighted by Crippen LogP contribution is -2.56. The van der Waals surface area contributed by atoms with Crippen LogP contribution >= 0.6 is 0 Å². The third kappa shape index (κ3) is 4.02. The molecule has 0 radical (unpaired) electrons. The highest BCUT2D eigenvalue weighted by Gasteiger charge is 2.75. The molecule has 1 aromatic heterocycles. The van der Waals surface area contributed by atoms with Crippen LogP contribution in [-0.4, -0.2) is 91.7 Å². The molecule has 1 aromatic carbocycles. The number of hydrogen-bond donors (Lipinski definition) is 1. The summed E-state index contributed by atoms with van der Waals surface area (Å²) in [5, 5.41) is 18.1. The van der Waals surface area contributed by atoms with Crippen LogP contribution in [0.2, 0.25) is 0 Å². The summed E-state index contributed by atoms with van der Waals surface area (Å²) in [5.41, 5.74) is 0.288. The number of carbonyl (C=O) groups excluding carboxylic acids is 3. The molecule has 2 unspecified atom stereocenters. The predicted octanol–water partition coefficient (Wildman–Crippen LogP) is 0.890. The summed E-state index contributed by atoms with van der Waals surface area (Å²) in [4.78, 5) is 43.8. The number of rotatable bonds is 11. The van der Waals surface area contributed by atoms with Gasteiger partial charge in [0.1, 0.15) is 23.8 Å². The van der Waals surface area contributed by atoms with Gasteiger partial charge in [-0.15, -0.1) is 18.3 Å². The zero-order valence-electron chi connectivity index (χ0n) is 20.6. The molecule has 2 aromatic rings. The summed E-state index contributed by atoms with van der Waals surface area (Å²) < 4.78 is 13.4. The maximum atomic E-state index is 14.2. The maximum absolute atomic E-state index is 14.2. The number of carbonyl (C=O) groups is 3. The first-order valence-corrected chi connectivity index (χ1v) is 12.5. The van der Waals surface area contributed by atoms with Gasteiger partial charge in [0.25, 0.3) is 0 Å². The zero-order chi connectivity index (χ0) is 26.2. The van der Waals surface area contributed by atoms with E-state index in [4.69, 9.17) is 9.47 Å². The van der Waals surface area contributed by atoms with Crippen LogP contribution < -0.4 is 0 Å². The van der Waals surface area contributed by atoms with E-state index in [0.29, 0.717) is 24.8 Å². The van der Waals surface area contributed by atoms with Crippen molar-refractivity contribution < 1.29 is 29.0 Å². The van der Waals surface area contributed by atoms with Crippen LogP contribution in [0, 0.1) is 11.8 Å². The van der Waals surface area contributed by atoms with Crippen molar-refractivity contribution in [3.8, 4) is 0 Å². The quantitative estimate of drug-likeness (QED) is 0.269. The number of β-amino-alcohol motifs (C(OH)–C–C–N with tert-alkyl or cyclic N) is 1. The molecule has 4 heterocycles. The Labute approximate surface area is 214 Å². The summed E-state index contributed by atoms with van der Waals surface area (Å²) >= 11 is 0. The highest BCUT2D eigenvalue weighted by Crippen LogP contribution is 2.58. The number of fused-ring (bicyclic) bond motifs is 2. The van der Waals surface area contributed by atoms with Gasteiger partial charge in [-0.25, -0.2) is 4.68 Å². The Morgan fingerprint density at radius 1 is 1.30 bits per heavy atom. The molecule has 0 aliphatic carbocycles. The summed E-state index contributed by atoms with van der Waals surface area (Å²) in [6, 6.07) is 6.42. The Hall–Kier alpha value is -3.57. The lowest BCUT2D eigenvalue weighted by Gasteiger charge is -2.36. The minimum atomic E-state index is -1.17. The molecule has 5 rings (SSSR count). The van der Waals surface area contributed by atoms with E-state index >= 15 is 0 Å². The van der Waals surface area contributed by atoms with Crippen molar-refractivity contribution in [1.29, 1.82) is 0 Å². The fraction of sp³-hybridized carbons (Fsp3) is 0.500. The van der Waals surface area contributed by atoms with E-state index in [9.17, 15) is 19.5 Å². The summed E-state index contributed by atoms with van der Waals surface area (Å²) in [7, 11) is 0. The molecule has 2 amide bonds. The first-order valence-electron chi connectivity index (χ1n) is 12.5. The Morgan fingerprint density at radius 3 is 2.86 bits per heavy atom. The molecule has 11 nitrogen and oxygen atoms in total. The molecule has 11 heteroatoms. The fourth-order valence-corrected chi connectivity index (χ4v) is 6.12. The monoisotopic (exact) mass is 509 g/mol. The minimum absolute atomic E-state index is 0.0477. The van der Waals surface area contributed by atoms with E-state index in [2.05, 4.69) is 23.5 Å². The van der Waals surface area contributed by atoms with Gasteiger partial charge in [0.2, 0.25) is 11.8 Å². The number of para-hydroxylation sites is 1. The normalized spacial score (nSPS) is 27.9. The molecule has 196 valence electrons. The zero-order valence-corrected chi connectivity index (χ0v) is 20.6. The number of aliphatic hydroxyl groups is 1. The smallest absolute Gasteiger partial charge is 0.312 e. The minimum Gasteiger partial charge on any atom is -0.465 e. The van der Waals surface area contributed by atoms with Gasteiger partial charge in [-0.1, -0.05) is 29.5 Å². The van der Waals surface area contributed by atoms with E-state index in [1.54, 1.807) is 21.7 Å².